The largest absolute Gasteiger partial charge is 0.476 e. The van der Waals surface area contributed by atoms with E-state index < -0.39 is 5.60 Å². The van der Waals surface area contributed by atoms with Crippen molar-refractivity contribution in [2.75, 3.05) is 10.6 Å². The lowest BCUT2D eigenvalue weighted by atomic mass is 10.1. The standard InChI is InChI=1S/C17H16N2O4/c1-17(2)16(21)19-15-12(6-3-7-13(15)23-17)18-14(20)9-8-11-5-4-10-22-11/h3-10H,1-2H3,(H,18,20)(H,19,21)/b9-8+. The number of hydrogen-bond acceptors (Lipinski definition) is 4. The van der Waals surface area contributed by atoms with Gasteiger partial charge in [0.1, 0.15) is 17.2 Å². The molecule has 0 saturated heterocycles. The van der Waals surface area contributed by atoms with Crippen molar-refractivity contribution in [3.8, 4) is 5.75 Å². The maximum atomic E-state index is 12.0. The zero-order valence-electron chi connectivity index (χ0n) is 12.8. The first kappa shape index (κ1) is 14.9. The highest BCUT2D eigenvalue weighted by Gasteiger charge is 2.36. The van der Waals surface area contributed by atoms with Crippen molar-refractivity contribution >= 4 is 29.3 Å². The predicted octanol–water partition coefficient (Wildman–Crippen LogP) is 3.04. The molecule has 2 N–H and O–H groups in total. The summed E-state index contributed by atoms with van der Waals surface area (Å²) < 4.78 is 10.8. The normalized spacial score (nSPS) is 15.7. The lowest BCUT2D eigenvalue weighted by Gasteiger charge is -2.32. The first-order chi connectivity index (χ1) is 11.0. The third-order valence-electron chi connectivity index (χ3n) is 3.38. The van der Waals surface area contributed by atoms with E-state index in [1.165, 1.54) is 12.3 Å². The molecule has 0 aliphatic carbocycles. The molecular formula is C17H16N2O4. The van der Waals surface area contributed by atoms with Gasteiger partial charge in [-0.15, -0.1) is 0 Å². The molecule has 118 valence electrons. The van der Waals surface area contributed by atoms with Crippen LogP contribution in [0.15, 0.2) is 47.1 Å². The Labute approximate surface area is 133 Å². The van der Waals surface area contributed by atoms with Crippen LogP contribution in [0.1, 0.15) is 19.6 Å². The van der Waals surface area contributed by atoms with Crippen molar-refractivity contribution < 1.29 is 18.7 Å². The van der Waals surface area contributed by atoms with Crippen molar-refractivity contribution in [3.05, 3.63) is 48.4 Å². The van der Waals surface area contributed by atoms with Crippen molar-refractivity contribution in [1.82, 2.24) is 0 Å². The number of ether oxygens (including phenoxy) is 1. The van der Waals surface area contributed by atoms with Gasteiger partial charge in [0.05, 0.1) is 12.0 Å². The highest BCUT2D eigenvalue weighted by atomic mass is 16.5. The fraction of sp³-hybridized carbons (Fsp3) is 0.176. The average Bonchev–Trinajstić information content (AvgIpc) is 3.00. The smallest absolute Gasteiger partial charge is 0.268 e. The number of anilines is 2. The van der Waals surface area contributed by atoms with Gasteiger partial charge in [0, 0.05) is 6.08 Å². The minimum Gasteiger partial charge on any atom is -0.476 e. The van der Waals surface area contributed by atoms with Gasteiger partial charge >= 0.3 is 0 Å². The molecule has 0 spiro atoms. The van der Waals surface area contributed by atoms with Crippen molar-refractivity contribution in [2.45, 2.75) is 19.4 Å². The van der Waals surface area contributed by atoms with Gasteiger partial charge in [-0.1, -0.05) is 6.07 Å². The Balaban J connectivity index is 1.79. The summed E-state index contributed by atoms with van der Waals surface area (Å²) in [6.45, 7) is 3.37. The summed E-state index contributed by atoms with van der Waals surface area (Å²) in [6.07, 6.45) is 4.44. The van der Waals surface area contributed by atoms with Crippen LogP contribution in [0.3, 0.4) is 0 Å². The molecule has 0 unspecified atom stereocenters. The molecule has 6 nitrogen and oxygen atoms in total. The molecule has 1 aliphatic heterocycles. The van der Waals surface area contributed by atoms with Gasteiger partial charge in [-0.25, -0.2) is 0 Å². The third-order valence-corrected chi connectivity index (χ3v) is 3.38. The molecule has 0 bridgehead atoms. The first-order valence-corrected chi connectivity index (χ1v) is 7.12. The van der Waals surface area contributed by atoms with Crippen LogP contribution in [0, 0.1) is 0 Å². The Bertz CT molecular complexity index is 776. The molecule has 23 heavy (non-hydrogen) atoms. The van der Waals surface area contributed by atoms with E-state index in [2.05, 4.69) is 10.6 Å². The summed E-state index contributed by atoms with van der Waals surface area (Å²) in [7, 11) is 0. The molecule has 0 atom stereocenters. The molecule has 1 aromatic heterocycles. The van der Waals surface area contributed by atoms with Gasteiger partial charge in [0.2, 0.25) is 5.91 Å². The number of carbonyl (C=O) groups excluding carboxylic acids is 2. The number of benzene rings is 1. The van der Waals surface area contributed by atoms with E-state index in [1.54, 1.807) is 50.3 Å². The topological polar surface area (TPSA) is 80.6 Å². The van der Waals surface area contributed by atoms with Crippen molar-refractivity contribution in [3.63, 3.8) is 0 Å². The molecule has 2 heterocycles. The van der Waals surface area contributed by atoms with E-state index >= 15 is 0 Å². The number of carbonyl (C=O) groups is 2. The van der Waals surface area contributed by atoms with Gasteiger partial charge in [0.15, 0.2) is 5.60 Å². The quantitative estimate of drug-likeness (QED) is 0.854. The predicted molar refractivity (Wildman–Crippen MR) is 86.2 cm³/mol. The van der Waals surface area contributed by atoms with E-state index in [0.717, 1.165) is 0 Å². The van der Waals surface area contributed by atoms with Crippen molar-refractivity contribution in [2.24, 2.45) is 0 Å². The SMILES string of the molecule is CC1(C)Oc2cccc(NC(=O)/C=C/c3ccco3)c2NC1=O. The minimum absolute atomic E-state index is 0.266. The van der Waals surface area contributed by atoms with E-state index in [9.17, 15) is 9.59 Å². The van der Waals surface area contributed by atoms with Gasteiger partial charge in [0.25, 0.3) is 5.91 Å². The monoisotopic (exact) mass is 312 g/mol. The molecule has 0 saturated carbocycles. The van der Waals surface area contributed by atoms with Gasteiger partial charge < -0.3 is 19.8 Å². The van der Waals surface area contributed by atoms with Gasteiger partial charge in [-0.05, 0) is 44.2 Å². The molecule has 2 aromatic rings. The number of para-hydroxylation sites is 1. The minimum atomic E-state index is -0.950. The molecule has 2 amide bonds. The zero-order valence-corrected chi connectivity index (χ0v) is 12.8. The maximum absolute atomic E-state index is 12.0. The Morgan fingerprint density at radius 2 is 2.09 bits per heavy atom. The molecular weight excluding hydrogens is 296 g/mol. The highest BCUT2D eigenvalue weighted by Crippen LogP contribution is 2.38. The van der Waals surface area contributed by atoms with E-state index in [0.29, 0.717) is 22.9 Å². The van der Waals surface area contributed by atoms with Crippen molar-refractivity contribution in [1.29, 1.82) is 0 Å². The Morgan fingerprint density at radius 1 is 1.26 bits per heavy atom. The van der Waals surface area contributed by atoms with E-state index in [-0.39, 0.29) is 11.8 Å². The number of nitrogens with one attached hydrogen (secondary N) is 2. The summed E-state index contributed by atoms with van der Waals surface area (Å²) in [5.74, 6) is 0.489. The van der Waals surface area contributed by atoms with Crippen LogP contribution in [-0.4, -0.2) is 17.4 Å². The van der Waals surface area contributed by atoms with Crippen LogP contribution in [0.2, 0.25) is 0 Å². The second-order valence-corrected chi connectivity index (χ2v) is 5.58. The Kier molecular flexibility index (Phi) is 3.65. The molecule has 1 aromatic carbocycles. The summed E-state index contributed by atoms with van der Waals surface area (Å²) >= 11 is 0. The number of fused-ring (bicyclic) bond motifs is 1. The molecule has 1 aliphatic rings. The van der Waals surface area contributed by atoms with E-state index in [4.69, 9.17) is 9.15 Å². The van der Waals surface area contributed by atoms with Crippen LogP contribution in [0.25, 0.3) is 6.08 Å². The van der Waals surface area contributed by atoms with Gasteiger partial charge in [-0.2, -0.15) is 0 Å². The second kappa shape index (κ2) is 5.64. The zero-order chi connectivity index (χ0) is 16.4. The summed E-state index contributed by atoms with van der Waals surface area (Å²) in [6, 6.07) is 8.66. The number of amides is 2. The van der Waals surface area contributed by atoms with Crippen LogP contribution < -0.4 is 15.4 Å². The lowest BCUT2D eigenvalue weighted by Crippen LogP contribution is -2.45. The number of hydrogen-bond donors (Lipinski definition) is 2. The van der Waals surface area contributed by atoms with E-state index in [1.807, 2.05) is 0 Å². The maximum Gasteiger partial charge on any atom is 0.268 e. The third kappa shape index (κ3) is 3.11. The highest BCUT2D eigenvalue weighted by molar-refractivity contribution is 6.08. The Morgan fingerprint density at radius 3 is 2.83 bits per heavy atom. The van der Waals surface area contributed by atoms with Gasteiger partial charge in [-0.3, -0.25) is 9.59 Å². The number of furan rings is 1. The molecule has 3 rings (SSSR count). The second-order valence-electron chi connectivity index (χ2n) is 5.58. The fourth-order valence-electron chi connectivity index (χ4n) is 2.15. The van der Waals surface area contributed by atoms with Crippen LogP contribution in [0.4, 0.5) is 11.4 Å². The average molecular weight is 312 g/mol. The molecule has 0 radical (unpaired) electrons. The number of rotatable bonds is 3. The molecule has 0 fully saturated rings. The summed E-state index contributed by atoms with van der Waals surface area (Å²) in [5.41, 5.74) is -0.0218. The fourth-order valence-corrected chi connectivity index (χ4v) is 2.15. The molecule has 6 heteroatoms. The lowest BCUT2D eigenvalue weighted by molar-refractivity contribution is -0.129. The van der Waals surface area contributed by atoms with Crippen LogP contribution >= 0.6 is 0 Å². The van der Waals surface area contributed by atoms with Crippen LogP contribution in [-0.2, 0) is 9.59 Å². The Hall–Kier alpha value is -3.02. The summed E-state index contributed by atoms with van der Waals surface area (Å²) in [4.78, 5) is 24.0. The first-order valence-electron chi connectivity index (χ1n) is 7.12. The van der Waals surface area contributed by atoms with Crippen LogP contribution in [0.5, 0.6) is 5.75 Å². The summed E-state index contributed by atoms with van der Waals surface area (Å²) in [5, 5.41) is 5.49.